The zero-order chi connectivity index (χ0) is 16.2. The van der Waals surface area contributed by atoms with E-state index in [1.54, 1.807) is 23.5 Å². The van der Waals surface area contributed by atoms with Gasteiger partial charge in [0.25, 0.3) is 0 Å². The third-order valence-electron chi connectivity index (χ3n) is 3.98. The molecule has 2 aromatic rings. The second-order valence-corrected chi connectivity index (χ2v) is 6.64. The van der Waals surface area contributed by atoms with Crippen LogP contribution in [-0.2, 0) is 22.6 Å². The molecule has 6 heteroatoms. The SMILES string of the molecule is NC(=O)[C@@H](NC(=O)CN1CCc2sccc2C1)c1ccccc1. The Balaban J connectivity index is 1.61. The van der Waals surface area contributed by atoms with Crippen LogP contribution in [0.2, 0.25) is 0 Å². The predicted molar refractivity (Wildman–Crippen MR) is 89.8 cm³/mol. The molecule has 3 N–H and O–H groups in total. The molecule has 0 unspecified atom stereocenters. The molecule has 1 aliphatic heterocycles. The van der Waals surface area contributed by atoms with Gasteiger partial charge in [0.1, 0.15) is 6.04 Å². The number of fused-ring (bicyclic) bond motifs is 1. The second-order valence-electron chi connectivity index (χ2n) is 5.64. The van der Waals surface area contributed by atoms with Gasteiger partial charge in [-0.1, -0.05) is 30.3 Å². The maximum Gasteiger partial charge on any atom is 0.244 e. The normalized spacial score (nSPS) is 15.7. The van der Waals surface area contributed by atoms with Gasteiger partial charge in [-0.25, -0.2) is 0 Å². The summed E-state index contributed by atoms with van der Waals surface area (Å²) in [6, 6.07) is 10.4. The van der Waals surface area contributed by atoms with Crippen LogP contribution >= 0.6 is 11.3 Å². The highest BCUT2D eigenvalue weighted by atomic mass is 32.1. The zero-order valence-electron chi connectivity index (χ0n) is 12.7. The number of carbonyl (C=O) groups is 2. The molecule has 120 valence electrons. The van der Waals surface area contributed by atoms with E-state index in [0.717, 1.165) is 19.5 Å². The average Bonchev–Trinajstić information content (AvgIpc) is 3.01. The van der Waals surface area contributed by atoms with Crippen molar-refractivity contribution in [3.63, 3.8) is 0 Å². The molecule has 0 saturated heterocycles. The molecule has 0 saturated carbocycles. The molecule has 0 radical (unpaired) electrons. The van der Waals surface area contributed by atoms with Crippen molar-refractivity contribution >= 4 is 23.2 Å². The highest BCUT2D eigenvalue weighted by Gasteiger charge is 2.23. The molecule has 0 bridgehead atoms. The van der Waals surface area contributed by atoms with E-state index in [9.17, 15) is 9.59 Å². The van der Waals surface area contributed by atoms with Gasteiger partial charge in [0.15, 0.2) is 0 Å². The fraction of sp³-hybridized carbons (Fsp3) is 0.294. The number of thiophene rings is 1. The Hall–Kier alpha value is -2.18. The van der Waals surface area contributed by atoms with Gasteiger partial charge in [-0.05, 0) is 29.0 Å². The first-order valence-corrected chi connectivity index (χ1v) is 8.42. The van der Waals surface area contributed by atoms with Crippen molar-refractivity contribution < 1.29 is 9.59 Å². The van der Waals surface area contributed by atoms with Gasteiger partial charge in [0.2, 0.25) is 11.8 Å². The van der Waals surface area contributed by atoms with Gasteiger partial charge < -0.3 is 11.1 Å². The Morgan fingerprint density at radius 1 is 1.26 bits per heavy atom. The van der Waals surface area contributed by atoms with E-state index < -0.39 is 11.9 Å². The standard InChI is InChI=1S/C17H19N3O2S/c18-17(22)16(12-4-2-1-3-5-12)19-15(21)11-20-8-6-14-13(10-20)7-9-23-14/h1-5,7,9,16H,6,8,10-11H2,(H2,18,22)(H,19,21)/t16-/m0/s1. The summed E-state index contributed by atoms with van der Waals surface area (Å²) >= 11 is 1.77. The van der Waals surface area contributed by atoms with E-state index in [0.29, 0.717) is 5.56 Å². The first-order valence-electron chi connectivity index (χ1n) is 7.54. The fourth-order valence-electron chi connectivity index (χ4n) is 2.82. The van der Waals surface area contributed by atoms with Crippen molar-refractivity contribution in [3.05, 3.63) is 57.8 Å². The van der Waals surface area contributed by atoms with Crippen molar-refractivity contribution in [1.82, 2.24) is 10.2 Å². The van der Waals surface area contributed by atoms with Crippen molar-refractivity contribution in [2.45, 2.75) is 19.0 Å². The van der Waals surface area contributed by atoms with Crippen LogP contribution in [0.3, 0.4) is 0 Å². The molecule has 0 fully saturated rings. The lowest BCUT2D eigenvalue weighted by atomic mass is 10.1. The molecule has 2 heterocycles. The number of nitrogens with one attached hydrogen (secondary N) is 1. The van der Waals surface area contributed by atoms with Gasteiger partial charge in [-0.3, -0.25) is 14.5 Å². The third kappa shape index (κ3) is 3.78. The number of primary amides is 1. The predicted octanol–water partition coefficient (Wildman–Crippen LogP) is 1.45. The number of nitrogens with zero attached hydrogens (tertiary/aromatic N) is 1. The molecule has 3 rings (SSSR count). The van der Waals surface area contributed by atoms with Crippen molar-refractivity contribution in [3.8, 4) is 0 Å². The summed E-state index contributed by atoms with van der Waals surface area (Å²) in [4.78, 5) is 27.4. The molecule has 1 aromatic heterocycles. The largest absolute Gasteiger partial charge is 0.368 e. The number of rotatable bonds is 5. The van der Waals surface area contributed by atoms with Crippen LogP contribution in [0.1, 0.15) is 22.0 Å². The van der Waals surface area contributed by atoms with Crippen LogP contribution in [0.5, 0.6) is 0 Å². The van der Waals surface area contributed by atoms with Crippen molar-refractivity contribution in [2.75, 3.05) is 13.1 Å². The maximum absolute atomic E-state index is 12.3. The Kier molecular flexibility index (Phi) is 4.73. The lowest BCUT2D eigenvalue weighted by Crippen LogP contribution is -2.44. The first-order chi connectivity index (χ1) is 11.1. The molecule has 1 atom stereocenters. The summed E-state index contributed by atoms with van der Waals surface area (Å²) in [6.45, 7) is 1.90. The van der Waals surface area contributed by atoms with Gasteiger partial charge in [0.05, 0.1) is 6.54 Å². The molecule has 5 nitrogen and oxygen atoms in total. The minimum atomic E-state index is -0.787. The van der Waals surface area contributed by atoms with Crippen LogP contribution in [-0.4, -0.2) is 29.8 Å². The number of nitrogens with two attached hydrogens (primary N) is 1. The van der Waals surface area contributed by atoms with Crippen LogP contribution in [0, 0.1) is 0 Å². The van der Waals surface area contributed by atoms with E-state index >= 15 is 0 Å². The van der Waals surface area contributed by atoms with Crippen LogP contribution in [0.15, 0.2) is 41.8 Å². The monoisotopic (exact) mass is 329 g/mol. The quantitative estimate of drug-likeness (QED) is 0.872. The topological polar surface area (TPSA) is 75.4 Å². The molecule has 1 aromatic carbocycles. The summed E-state index contributed by atoms with van der Waals surface area (Å²) in [7, 11) is 0. The van der Waals surface area contributed by atoms with Gasteiger partial charge >= 0.3 is 0 Å². The number of carbonyl (C=O) groups excluding carboxylic acids is 2. The molecule has 2 amide bonds. The van der Waals surface area contributed by atoms with Crippen molar-refractivity contribution in [2.24, 2.45) is 5.73 Å². The van der Waals surface area contributed by atoms with Gasteiger partial charge in [-0.2, -0.15) is 0 Å². The van der Waals surface area contributed by atoms with E-state index in [-0.39, 0.29) is 12.5 Å². The number of hydrogen-bond acceptors (Lipinski definition) is 4. The second kappa shape index (κ2) is 6.93. The molecule has 1 aliphatic rings. The van der Waals surface area contributed by atoms with E-state index in [2.05, 4.69) is 21.7 Å². The maximum atomic E-state index is 12.3. The zero-order valence-corrected chi connectivity index (χ0v) is 13.5. The number of benzene rings is 1. The highest BCUT2D eigenvalue weighted by Crippen LogP contribution is 2.23. The lowest BCUT2D eigenvalue weighted by molar-refractivity contribution is -0.128. The van der Waals surface area contributed by atoms with Crippen LogP contribution in [0.4, 0.5) is 0 Å². The molecule has 23 heavy (non-hydrogen) atoms. The Morgan fingerprint density at radius 2 is 2.04 bits per heavy atom. The summed E-state index contributed by atoms with van der Waals surface area (Å²) < 4.78 is 0. The van der Waals surface area contributed by atoms with Gasteiger partial charge in [0, 0.05) is 18.0 Å². The van der Waals surface area contributed by atoms with Crippen LogP contribution < -0.4 is 11.1 Å². The summed E-state index contributed by atoms with van der Waals surface area (Å²) in [6.07, 6.45) is 0.970. The number of amides is 2. The first kappa shape index (κ1) is 15.7. The minimum Gasteiger partial charge on any atom is -0.368 e. The van der Waals surface area contributed by atoms with E-state index in [4.69, 9.17) is 5.73 Å². The third-order valence-corrected chi connectivity index (χ3v) is 5.00. The molecule has 0 spiro atoms. The average molecular weight is 329 g/mol. The summed E-state index contributed by atoms with van der Waals surface area (Å²) in [5.74, 6) is -0.736. The van der Waals surface area contributed by atoms with Crippen molar-refractivity contribution in [1.29, 1.82) is 0 Å². The summed E-state index contributed by atoms with van der Waals surface area (Å²) in [5, 5.41) is 4.84. The van der Waals surface area contributed by atoms with E-state index in [1.807, 2.05) is 18.2 Å². The Morgan fingerprint density at radius 3 is 2.78 bits per heavy atom. The fourth-order valence-corrected chi connectivity index (χ4v) is 3.71. The molecule has 0 aliphatic carbocycles. The highest BCUT2D eigenvalue weighted by molar-refractivity contribution is 7.10. The Bertz CT molecular complexity index is 699. The van der Waals surface area contributed by atoms with E-state index in [1.165, 1.54) is 10.4 Å². The smallest absolute Gasteiger partial charge is 0.244 e. The minimum absolute atomic E-state index is 0.184. The van der Waals surface area contributed by atoms with Crippen LogP contribution in [0.25, 0.3) is 0 Å². The summed E-state index contributed by atoms with van der Waals surface area (Å²) in [5.41, 5.74) is 7.43. The molecular weight excluding hydrogens is 310 g/mol. The number of hydrogen-bond donors (Lipinski definition) is 2. The lowest BCUT2D eigenvalue weighted by Gasteiger charge is -2.27. The Labute approximate surface area is 139 Å². The molecular formula is C17H19N3O2S. The van der Waals surface area contributed by atoms with Gasteiger partial charge in [-0.15, -0.1) is 11.3 Å².